The monoisotopic (exact) mass is 250 g/mol. The summed E-state index contributed by atoms with van der Waals surface area (Å²) in [5, 5.41) is 8.03. The second kappa shape index (κ2) is 5.85. The van der Waals surface area contributed by atoms with Gasteiger partial charge in [-0.05, 0) is 39.8 Å². The summed E-state index contributed by atoms with van der Waals surface area (Å²) in [6.07, 6.45) is 6.59. The summed E-state index contributed by atoms with van der Waals surface area (Å²) >= 11 is 0. The molecule has 0 aromatic carbocycles. The van der Waals surface area contributed by atoms with Gasteiger partial charge in [0.05, 0.1) is 6.20 Å². The maximum absolute atomic E-state index is 4.35. The summed E-state index contributed by atoms with van der Waals surface area (Å²) < 4.78 is 2.00. The number of hydrogen-bond donors (Lipinski definition) is 1. The second-order valence-electron chi connectivity index (χ2n) is 5.61. The van der Waals surface area contributed by atoms with E-state index in [4.69, 9.17) is 0 Å². The van der Waals surface area contributed by atoms with Gasteiger partial charge in [0, 0.05) is 36.9 Å². The molecule has 0 spiro atoms. The standard InChI is InChI=1S/C14H26N4/c1-4-14(3)12-17(8-6-7-15-14)10-13-9-16-18(5-2)11-13/h9,11,15H,4-8,10,12H2,1-3H3. The molecule has 0 saturated carbocycles. The van der Waals surface area contributed by atoms with E-state index in [0.717, 1.165) is 26.2 Å². The third-order valence-electron chi connectivity index (χ3n) is 3.97. The lowest BCUT2D eigenvalue weighted by Gasteiger charge is -2.32. The van der Waals surface area contributed by atoms with Crippen molar-refractivity contribution >= 4 is 0 Å². The van der Waals surface area contributed by atoms with Crippen LogP contribution in [0.3, 0.4) is 0 Å². The highest BCUT2D eigenvalue weighted by Crippen LogP contribution is 2.17. The molecule has 1 aliphatic rings. The Morgan fingerprint density at radius 3 is 2.94 bits per heavy atom. The van der Waals surface area contributed by atoms with E-state index >= 15 is 0 Å². The molecule has 1 fully saturated rings. The molecule has 0 bridgehead atoms. The number of rotatable bonds is 4. The quantitative estimate of drug-likeness (QED) is 0.885. The second-order valence-corrected chi connectivity index (χ2v) is 5.61. The van der Waals surface area contributed by atoms with Gasteiger partial charge in [0.1, 0.15) is 0 Å². The molecule has 18 heavy (non-hydrogen) atoms. The topological polar surface area (TPSA) is 33.1 Å². The third kappa shape index (κ3) is 3.33. The Labute approximate surface area is 110 Å². The molecule has 2 rings (SSSR count). The Bertz CT molecular complexity index is 374. The first-order valence-electron chi connectivity index (χ1n) is 7.14. The highest BCUT2D eigenvalue weighted by atomic mass is 15.3. The summed E-state index contributed by atoms with van der Waals surface area (Å²) in [4.78, 5) is 2.56. The van der Waals surface area contributed by atoms with Crippen LogP contribution in [0.2, 0.25) is 0 Å². The molecule has 0 radical (unpaired) electrons. The van der Waals surface area contributed by atoms with E-state index in [9.17, 15) is 0 Å². The molecule has 1 N–H and O–H groups in total. The summed E-state index contributed by atoms with van der Waals surface area (Å²) in [6, 6.07) is 0. The van der Waals surface area contributed by atoms with E-state index in [2.05, 4.69) is 42.3 Å². The van der Waals surface area contributed by atoms with Crippen molar-refractivity contribution in [2.24, 2.45) is 0 Å². The largest absolute Gasteiger partial charge is 0.310 e. The highest BCUT2D eigenvalue weighted by Gasteiger charge is 2.27. The zero-order valence-corrected chi connectivity index (χ0v) is 11.9. The van der Waals surface area contributed by atoms with Crippen molar-refractivity contribution in [1.82, 2.24) is 20.0 Å². The molecule has 1 aromatic rings. The van der Waals surface area contributed by atoms with Crippen LogP contribution in [0.5, 0.6) is 0 Å². The molecule has 2 heterocycles. The number of aromatic nitrogens is 2. The van der Waals surface area contributed by atoms with Gasteiger partial charge in [0.15, 0.2) is 0 Å². The van der Waals surface area contributed by atoms with Crippen LogP contribution in [0.1, 0.15) is 39.2 Å². The summed E-state index contributed by atoms with van der Waals surface area (Å²) in [5.41, 5.74) is 1.59. The van der Waals surface area contributed by atoms with Crippen molar-refractivity contribution < 1.29 is 0 Å². The van der Waals surface area contributed by atoms with E-state index in [1.165, 1.54) is 24.9 Å². The van der Waals surface area contributed by atoms with Gasteiger partial charge < -0.3 is 5.32 Å². The smallest absolute Gasteiger partial charge is 0.0534 e. The van der Waals surface area contributed by atoms with E-state index in [1.54, 1.807) is 0 Å². The average Bonchev–Trinajstić information content (AvgIpc) is 2.73. The summed E-state index contributed by atoms with van der Waals surface area (Å²) in [6.45, 7) is 12.1. The van der Waals surface area contributed by atoms with Crippen molar-refractivity contribution in [2.75, 3.05) is 19.6 Å². The van der Waals surface area contributed by atoms with Crippen LogP contribution in [-0.2, 0) is 13.1 Å². The minimum Gasteiger partial charge on any atom is -0.310 e. The molecule has 1 aromatic heterocycles. The minimum absolute atomic E-state index is 0.261. The Kier molecular flexibility index (Phi) is 4.40. The van der Waals surface area contributed by atoms with E-state index < -0.39 is 0 Å². The first-order valence-corrected chi connectivity index (χ1v) is 7.14. The van der Waals surface area contributed by atoms with Crippen molar-refractivity contribution in [1.29, 1.82) is 0 Å². The maximum Gasteiger partial charge on any atom is 0.0534 e. The molecule has 0 aliphatic carbocycles. The molecule has 1 atom stereocenters. The van der Waals surface area contributed by atoms with Crippen LogP contribution in [0.4, 0.5) is 0 Å². The molecule has 4 nitrogen and oxygen atoms in total. The molecular formula is C14H26N4. The van der Waals surface area contributed by atoms with E-state index in [1.807, 2.05) is 10.9 Å². The zero-order chi connectivity index (χ0) is 13.0. The Morgan fingerprint density at radius 1 is 1.44 bits per heavy atom. The predicted octanol–water partition coefficient (Wildman–Crippen LogP) is 1.87. The van der Waals surface area contributed by atoms with Gasteiger partial charge >= 0.3 is 0 Å². The highest BCUT2D eigenvalue weighted by molar-refractivity contribution is 5.04. The van der Waals surface area contributed by atoms with Gasteiger partial charge in [-0.15, -0.1) is 0 Å². The molecule has 1 unspecified atom stereocenters. The predicted molar refractivity (Wildman–Crippen MR) is 74.5 cm³/mol. The Balaban J connectivity index is 1.98. The summed E-state index contributed by atoms with van der Waals surface area (Å²) in [7, 11) is 0. The van der Waals surface area contributed by atoms with Gasteiger partial charge in [0.2, 0.25) is 0 Å². The van der Waals surface area contributed by atoms with Crippen molar-refractivity contribution in [3.63, 3.8) is 0 Å². The first kappa shape index (κ1) is 13.6. The molecule has 0 amide bonds. The summed E-state index contributed by atoms with van der Waals surface area (Å²) in [5.74, 6) is 0. The SMILES string of the molecule is CCn1cc(CN2CCCNC(C)(CC)C2)cn1. The Hall–Kier alpha value is -0.870. The minimum atomic E-state index is 0.261. The van der Waals surface area contributed by atoms with Crippen LogP contribution in [-0.4, -0.2) is 39.9 Å². The van der Waals surface area contributed by atoms with Gasteiger partial charge in [-0.3, -0.25) is 9.58 Å². The van der Waals surface area contributed by atoms with Gasteiger partial charge in [-0.2, -0.15) is 5.10 Å². The van der Waals surface area contributed by atoms with Crippen LogP contribution >= 0.6 is 0 Å². The molecule has 102 valence electrons. The number of hydrogen-bond acceptors (Lipinski definition) is 3. The maximum atomic E-state index is 4.35. The van der Waals surface area contributed by atoms with E-state index in [-0.39, 0.29) is 5.54 Å². The fraction of sp³-hybridized carbons (Fsp3) is 0.786. The van der Waals surface area contributed by atoms with Crippen molar-refractivity contribution in [2.45, 2.75) is 52.2 Å². The van der Waals surface area contributed by atoms with E-state index in [0.29, 0.717) is 0 Å². The number of nitrogens with one attached hydrogen (secondary N) is 1. The number of aryl methyl sites for hydroxylation is 1. The van der Waals surface area contributed by atoms with Gasteiger partial charge in [0.25, 0.3) is 0 Å². The van der Waals surface area contributed by atoms with Crippen molar-refractivity contribution in [3.05, 3.63) is 18.0 Å². The third-order valence-corrected chi connectivity index (χ3v) is 3.97. The van der Waals surface area contributed by atoms with Crippen LogP contribution < -0.4 is 5.32 Å². The van der Waals surface area contributed by atoms with Crippen LogP contribution in [0.15, 0.2) is 12.4 Å². The lowest BCUT2D eigenvalue weighted by atomic mass is 9.98. The number of nitrogens with zero attached hydrogens (tertiary/aromatic N) is 3. The normalized spacial score (nSPS) is 26.2. The van der Waals surface area contributed by atoms with Gasteiger partial charge in [-0.25, -0.2) is 0 Å². The lowest BCUT2D eigenvalue weighted by Crippen LogP contribution is -2.48. The fourth-order valence-corrected chi connectivity index (χ4v) is 2.61. The molecular weight excluding hydrogens is 224 g/mol. The van der Waals surface area contributed by atoms with Crippen LogP contribution in [0, 0.1) is 0 Å². The lowest BCUT2D eigenvalue weighted by molar-refractivity contribution is 0.208. The zero-order valence-electron chi connectivity index (χ0n) is 11.9. The molecule has 4 heteroatoms. The Morgan fingerprint density at radius 2 is 2.28 bits per heavy atom. The molecule has 1 aliphatic heterocycles. The van der Waals surface area contributed by atoms with Crippen LogP contribution in [0.25, 0.3) is 0 Å². The first-order chi connectivity index (χ1) is 8.65. The fourth-order valence-electron chi connectivity index (χ4n) is 2.61. The average molecular weight is 250 g/mol. The van der Waals surface area contributed by atoms with Gasteiger partial charge in [-0.1, -0.05) is 6.92 Å². The molecule has 1 saturated heterocycles. The van der Waals surface area contributed by atoms with Crippen molar-refractivity contribution in [3.8, 4) is 0 Å².